The first-order valence-electron chi connectivity index (χ1n) is 6.88. The van der Waals surface area contributed by atoms with Crippen LogP contribution >= 0.6 is 0 Å². The number of hydrogen-bond donors (Lipinski definition) is 1. The zero-order chi connectivity index (χ0) is 15.0. The van der Waals surface area contributed by atoms with E-state index in [1.807, 2.05) is 19.2 Å². The van der Waals surface area contributed by atoms with Gasteiger partial charge in [0.15, 0.2) is 0 Å². The number of aromatic nitrogens is 3. The number of nitrogen functional groups attached to an aromatic ring is 1. The minimum absolute atomic E-state index is 0.663. The number of aryl methyl sites for hydroxylation is 3. The van der Waals surface area contributed by atoms with E-state index in [0.717, 1.165) is 22.4 Å². The average molecular weight is 278 g/mol. The standard InChI is InChI=1S/C17H18N4/c1-11-4-5-14(12(2)10-11)16-15(17(18)21(3)20-16)13-6-8-19-9-7-13/h4-10H,18H2,1-3H3. The molecule has 0 aliphatic heterocycles. The van der Waals surface area contributed by atoms with Gasteiger partial charge < -0.3 is 5.73 Å². The molecule has 0 aliphatic carbocycles. The molecule has 0 atom stereocenters. The fraction of sp³-hybridized carbons (Fsp3) is 0.176. The molecular formula is C17H18N4. The third kappa shape index (κ3) is 2.29. The normalized spacial score (nSPS) is 10.8. The van der Waals surface area contributed by atoms with E-state index >= 15 is 0 Å². The van der Waals surface area contributed by atoms with E-state index in [9.17, 15) is 0 Å². The Kier molecular flexibility index (Phi) is 3.22. The summed E-state index contributed by atoms with van der Waals surface area (Å²) in [4.78, 5) is 4.07. The number of nitrogens with two attached hydrogens (primary N) is 1. The lowest BCUT2D eigenvalue weighted by Crippen LogP contribution is -1.97. The molecule has 3 aromatic rings. The van der Waals surface area contributed by atoms with E-state index < -0.39 is 0 Å². The number of rotatable bonds is 2. The summed E-state index contributed by atoms with van der Waals surface area (Å²) in [5.74, 6) is 0.663. The zero-order valence-electron chi connectivity index (χ0n) is 12.5. The largest absolute Gasteiger partial charge is 0.383 e. The van der Waals surface area contributed by atoms with Gasteiger partial charge in [-0.2, -0.15) is 5.10 Å². The van der Waals surface area contributed by atoms with Crippen molar-refractivity contribution < 1.29 is 0 Å². The summed E-state index contributed by atoms with van der Waals surface area (Å²) in [6.07, 6.45) is 3.54. The molecule has 0 amide bonds. The molecule has 21 heavy (non-hydrogen) atoms. The number of pyridine rings is 1. The second kappa shape index (κ2) is 5.05. The quantitative estimate of drug-likeness (QED) is 0.782. The molecule has 0 aliphatic rings. The Balaban J connectivity index is 2.27. The topological polar surface area (TPSA) is 56.7 Å². The second-order valence-corrected chi connectivity index (χ2v) is 5.29. The predicted octanol–water partition coefficient (Wildman–Crippen LogP) is 3.35. The van der Waals surface area contributed by atoms with Gasteiger partial charge in [0.2, 0.25) is 0 Å². The molecule has 1 aromatic carbocycles. The molecular weight excluding hydrogens is 260 g/mol. The maximum atomic E-state index is 6.23. The highest BCUT2D eigenvalue weighted by Gasteiger charge is 2.18. The van der Waals surface area contributed by atoms with Crippen molar-refractivity contribution in [1.29, 1.82) is 0 Å². The number of nitrogens with zero attached hydrogens (tertiary/aromatic N) is 3. The summed E-state index contributed by atoms with van der Waals surface area (Å²) < 4.78 is 1.73. The Morgan fingerprint density at radius 2 is 1.76 bits per heavy atom. The summed E-state index contributed by atoms with van der Waals surface area (Å²) in [5.41, 5.74) is 12.7. The first kappa shape index (κ1) is 13.4. The highest BCUT2D eigenvalue weighted by Crippen LogP contribution is 2.36. The lowest BCUT2D eigenvalue weighted by Gasteiger charge is -2.07. The smallest absolute Gasteiger partial charge is 0.129 e. The Labute approximate surface area is 124 Å². The van der Waals surface area contributed by atoms with Crippen molar-refractivity contribution in [3.63, 3.8) is 0 Å². The van der Waals surface area contributed by atoms with Crippen molar-refractivity contribution in [1.82, 2.24) is 14.8 Å². The van der Waals surface area contributed by atoms with Gasteiger partial charge in [-0.05, 0) is 37.1 Å². The summed E-state index contributed by atoms with van der Waals surface area (Å²) >= 11 is 0. The van der Waals surface area contributed by atoms with Gasteiger partial charge >= 0.3 is 0 Å². The summed E-state index contributed by atoms with van der Waals surface area (Å²) in [7, 11) is 1.87. The maximum Gasteiger partial charge on any atom is 0.129 e. The molecule has 3 rings (SSSR count). The van der Waals surface area contributed by atoms with E-state index in [4.69, 9.17) is 5.73 Å². The van der Waals surface area contributed by atoms with Crippen LogP contribution < -0.4 is 5.73 Å². The van der Waals surface area contributed by atoms with Gasteiger partial charge in [-0.25, -0.2) is 0 Å². The number of anilines is 1. The highest BCUT2D eigenvalue weighted by atomic mass is 15.3. The monoisotopic (exact) mass is 278 g/mol. The van der Waals surface area contributed by atoms with Gasteiger partial charge in [0.05, 0.1) is 5.56 Å². The van der Waals surface area contributed by atoms with Crippen LogP contribution in [0.2, 0.25) is 0 Å². The Hall–Kier alpha value is -2.62. The molecule has 2 N–H and O–H groups in total. The maximum absolute atomic E-state index is 6.23. The van der Waals surface area contributed by atoms with Crippen molar-refractivity contribution in [2.75, 3.05) is 5.73 Å². The number of hydrogen-bond acceptors (Lipinski definition) is 3. The van der Waals surface area contributed by atoms with Crippen LogP contribution in [-0.2, 0) is 7.05 Å². The van der Waals surface area contributed by atoms with E-state index in [-0.39, 0.29) is 0 Å². The van der Waals surface area contributed by atoms with Gasteiger partial charge in [0.1, 0.15) is 11.5 Å². The van der Waals surface area contributed by atoms with Gasteiger partial charge in [-0.3, -0.25) is 9.67 Å². The second-order valence-electron chi connectivity index (χ2n) is 5.29. The van der Waals surface area contributed by atoms with E-state index in [1.165, 1.54) is 11.1 Å². The van der Waals surface area contributed by atoms with Crippen LogP contribution in [0.25, 0.3) is 22.4 Å². The Morgan fingerprint density at radius 3 is 2.43 bits per heavy atom. The molecule has 0 spiro atoms. The average Bonchev–Trinajstić information content (AvgIpc) is 2.75. The van der Waals surface area contributed by atoms with Crippen molar-refractivity contribution in [2.24, 2.45) is 7.05 Å². The van der Waals surface area contributed by atoms with Crippen LogP contribution in [0.15, 0.2) is 42.7 Å². The molecule has 0 fully saturated rings. The fourth-order valence-electron chi connectivity index (χ4n) is 2.61. The summed E-state index contributed by atoms with van der Waals surface area (Å²) in [5, 5.41) is 4.62. The van der Waals surface area contributed by atoms with Crippen LogP contribution in [0.1, 0.15) is 11.1 Å². The van der Waals surface area contributed by atoms with Gasteiger partial charge in [0, 0.05) is 25.0 Å². The number of benzene rings is 1. The molecule has 106 valence electrons. The van der Waals surface area contributed by atoms with Crippen LogP contribution in [0.4, 0.5) is 5.82 Å². The predicted molar refractivity (Wildman–Crippen MR) is 85.8 cm³/mol. The molecule has 2 heterocycles. The third-order valence-corrected chi connectivity index (χ3v) is 3.70. The molecule has 4 nitrogen and oxygen atoms in total. The van der Waals surface area contributed by atoms with Gasteiger partial charge in [0.25, 0.3) is 0 Å². The molecule has 0 saturated carbocycles. The van der Waals surface area contributed by atoms with Crippen LogP contribution in [0.5, 0.6) is 0 Å². The molecule has 0 radical (unpaired) electrons. The summed E-state index contributed by atoms with van der Waals surface area (Å²) in [6, 6.07) is 10.3. The van der Waals surface area contributed by atoms with Crippen LogP contribution in [0, 0.1) is 13.8 Å². The van der Waals surface area contributed by atoms with Crippen molar-refractivity contribution >= 4 is 5.82 Å². The highest BCUT2D eigenvalue weighted by molar-refractivity contribution is 5.88. The SMILES string of the molecule is Cc1ccc(-c2nn(C)c(N)c2-c2ccncc2)c(C)c1. The zero-order valence-corrected chi connectivity index (χ0v) is 12.5. The Bertz CT molecular complexity index is 788. The molecule has 0 saturated heterocycles. The van der Waals surface area contributed by atoms with Crippen LogP contribution in [-0.4, -0.2) is 14.8 Å². The molecule has 0 bridgehead atoms. The van der Waals surface area contributed by atoms with E-state index in [0.29, 0.717) is 5.82 Å². The molecule has 0 unspecified atom stereocenters. The first-order valence-corrected chi connectivity index (χ1v) is 6.88. The summed E-state index contributed by atoms with van der Waals surface area (Å²) in [6.45, 7) is 4.19. The molecule has 4 heteroatoms. The van der Waals surface area contributed by atoms with E-state index in [1.54, 1.807) is 17.1 Å². The van der Waals surface area contributed by atoms with Crippen LogP contribution in [0.3, 0.4) is 0 Å². The van der Waals surface area contributed by atoms with Gasteiger partial charge in [-0.1, -0.05) is 23.8 Å². The van der Waals surface area contributed by atoms with Crippen molar-refractivity contribution in [3.05, 3.63) is 53.9 Å². The van der Waals surface area contributed by atoms with Crippen molar-refractivity contribution in [2.45, 2.75) is 13.8 Å². The lowest BCUT2D eigenvalue weighted by molar-refractivity contribution is 0.782. The minimum Gasteiger partial charge on any atom is -0.383 e. The minimum atomic E-state index is 0.663. The van der Waals surface area contributed by atoms with Crippen molar-refractivity contribution in [3.8, 4) is 22.4 Å². The third-order valence-electron chi connectivity index (χ3n) is 3.70. The fourth-order valence-corrected chi connectivity index (χ4v) is 2.61. The first-order chi connectivity index (χ1) is 10.1. The lowest BCUT2D eigenvalue weighted by atomic mass is 9.97. The van der Waals surface area contributed by atoms with E-state index in [2.05, 4.69) is 42.1 Å². The Morgan fingerprint density at radius 1 is 1.05 bits per heavy atom. The van der Waals surface area contributed by atoms with Gasteiger partial charge in [-0.15, -0.1) is 0 Å². The molecule has 2 aromatic heterocycles.